The van der Waals surface area contributed by atoms with Gasteiger partial charge in [-0.25, -0.2) is 0 Å². The van der Waals surface area contributed by atoms with E-state index < -0.39 is 0 Å². The van der Waals surface area contributed by atoms with Gasteiger partial charge in [-0.3, -0.25) is 4.79 Å². The molecule has 2 atom stereocenters. The highest BCUT2D eigenvalue weighted by Gasteiger charge is 2.34. The maximum absolute atomic E-state index is 12.0. The van der Waals surface area contributed by atoms with E-state index in [-0.39, 0.29) is 11.9 Å². The third kappa shape index (κ3) is 3.90. The highest BCUT2D eigenvalue weighted by atomic mass is 16.5. The first-order valence-corrected chi connectivity index (χ1v) is 7.56. The van der Waals surface area contributed by atoms with E-state index in [0.29, 0.717) is 12.5 Å². The summed E-state index contributed by atoms with van der Waals surface area (Å²) >= 11 is 0. The highest BCUT2D eigenvalue weighted by molar-refractivity contribution is 5.73. The van der Waals surface area contributed by atoms with Gasteiger partial charge in [0, 0.05) is 6.07 Å². The predicted octanol–water partition coefficient (Wildman–Crippen LogP) is 3.23. The lowest BCUT2D eigenvalue weighted by atomic mass is 9.89. The van der Waals surface area contributed by atoms with E-state index >= 15 is 0 Å². The number of methoxy groups -OCH3 is 2. The number of rotatable bonds is 6. The first-order valence-electron chi connectivity index (χ1n) is 7.56. The quantitative estimate of drug-likeness (QED) is 0.755. The normalized spacial score (nSPS) is 21.1. The first-order chi connectivity index (χ1) is 10.2. The van der Waals surface area contributed by atoms with Gasteiger partial charge in [0.2, 0.25) is 0 Å². The summed E-state index contributed by atoms with van der Waals surface area (Å²) in [6.45, 7) is 2.31. The van der Waals surface area contributed by atoms with Crippen LogP contribution >= 0.6 is 0 Å². The summed E-state index contributed by atoms with van der Waals surface area (Å²) < 4.78 is 15.8. The van der Waals surface area contributed by atoms with Crippen molar-refractivity contribution in [1.82, 2.24) is 0 Å². The van der Waals surface area contributed by atoms with Crippen LogP contribution in [0.25, 0.3) is 0 Å². The Hall–Kier alpha value is -1.71. The van der Waals surface area contributed by atoms with Crippen molar-refractivity contribution in [2.45, 2.75) is 32.6 Å². The van der Waals surface area contributed by atoms with Gasteiger partial charge >= 0.3 is 5.97 Å². The number of hydrogen-bond acceptors (Lipinski definition) is 4. The maximum Gasteiger partial charge on any atom is 0.309 e. The second kappa shape index (κ2) is 7.34. The molecule has 0 radical (unpaired) electrons. The molecule has 116 valence electrons. The van der Waals surface area contributed by atoms with Crippen molar-refractivity contribution in [2.75, 3.05) is 20.8 Å². The fourth-order valence-electron chi connectivity index (χ4n) is 3.13. The van der Waals surface area contributed by atoms with Crippen molar-refractivity contribution >= 4 is 5.97 Å². The van der Waals surface area contributed by atoms with Crippen LogP contribution in [0.2, 0.25) is 0 Å². The number of carbonyl (C=O) groups is 1. The lowest BCUT2D eigenvalue weighted by Crippen LogP contribution is -2.23. The van der Waals surface area contributed by atoms with E-state index in [4.69, 9.17) is 14.2 Å². The molecule has 2 rings (SSSR count). The second-order valence-corrected chi connectivity index (χ2v) is 5.47. The highest BCUT2D eigenvalue weighted by Crippen LogP contribution is 2.36. The number of hydrogen-bond donors (Lipinski definition) is 0. The molecular weight excluding hydrogens is 268 g/mol. The van der Waals surface area contributed by atoms with Crippen LogP contribution in [0, 0.1) is 11.8 Å². The molecule has 0 spiro atoms. The zero-order valence-corrected chi connectivity index (χ0v) is 13.1. The van der Waals surface area contributed by atoms with Gasteiger partial charge in [-0.15, -0.1) is 0 Å². The van der Waals surface area contributed by atoms with Gasteiger partial charge in [0.15, 0.2) is 0 Å². The van der Waals surface area contributed by atoms with Crippen LogP contribution in [0.3, 0.4) is 0 Å². The van der Waals surface area contributed by atoms with Crippen molar-refractivity contribution in [3.05, 3.63) is 23.8 Å². The summed E-state index contributed by atoms with van der Waals surface area (Å²) in [5.41, 5.74) is 1.15. The Bertz CT molecular complexity index is 461. The van der Waals surface area contributed by atoms with E-state index in [0.717, 1.165) is 42.7 Å². The van der Waals surface area contributed by atoms with Crippen molar-refractivity contribution in [1.29, 1.82) is 0 Å². The van der Waals surface area contributed by atoms with Gasteiger partial charge in [0.05, 0.1) is 26.7 Å². The standard InChI is InChI=1S/C17H24O4/c1-4-21-17(18)16-7-5-6-13(16)8-12-9-14(19-2)11-15(10-12)20-3/h9-11,13,16H,4-8H2,1-3H3/t13-,16-/m1/s1. The Labute approximate surface area is 126 Å². The summed E-state index contributed by atoms with van der Waals surface area (Å²) in [7, 11) is 3.30. The summed E-state index contributed by atoms with van der Waals surface area (Å²) in [5, 5.41) is 0. The van der Waals surface area contributed by atoms with E-state index in [1.807, 2.05) is 25.1 Å². The molecule has 0 aliphatic heterocycles. The third-order valence-electron chi connectivity index (χ3n) is 4.16. The third-order valence-corrected chi connectivity index (χ3v) is 4.16. The maximum atomic E-state index is 12.0. The Morgan fingerprint density at radius 1 is 1.14 bits per heavy atom. The Morgan fingerprint density at radius 3 is 2.38 bits per heavy atom. The van der Waals surface area contributed by atoms with E-state index in [9.17, 15) is 4.79 Å². The number of carbonyl (C=O) groups excluding carboxylic acids is 1. The Kier molecular flexibility index (Phi) is 5.48. The molecular formula is C17H24O4. The molecule has 21 heavy (non-hydrogen) atoms. The monoisotopic (exact) mass is 292 g/mol. The molecule has 0 bridgehead atoms. The predicted molar refractivity (Wildman–Crippen MR) is 80.7 cm³/mol. The van der Waals surface area contributed by atoms with Gasteiger partial charge < -0.3 is 14.2 Å². The number of esters is 1. The van der Waals surface area contributed by atoms with Crippen LogP contribution in [-0.2, 0) is 16.0 Å². The average Bonchev–Trinajstić information content (AvgIpc) is 2.95. The molecule has 4 nitrogen and oxygen atoms in total. The molecule has 0 heterocycles. The summed E-state index contributed by atoms with van der Waals surface area (Å²) in [5.74, 6) is 1.91. The first kappa shape index (κ1) is 15.7. The fourth-order valence-corrected chi connectivity index (χ4v) is 3.13. The largest absolute Gasteiger partial charge is 0.497 e. The smallest absolute Gasteiger partial charge is 0.309 e. The molecule has 1 fully saturated rings. The van der Waals surface area contributed by atoms with Gasteiger partial charge in [0.25, 0.3) is 0 Å². The molecule has 0 N–H and O–H groups in total. The SMILES string of the molecule is CCOC(=O)[C@@H]1CCC[C@@H]1Cc1cc(OC)cc(OC)c1. The molecule has 1 aromatic carbocycles. The molecule has 1 saturated carbocycles. The zero-order chi connectivity index (χ0) is 15.2. The molecule has 1 aliphatic carbocycles. The van der Waals surface area contributed by atoms with Crippen LogP contribution in [0.15, 0.2) is 18.2 Å². The zero-order valence-electron chi connectivity index (χ0n) is 13.1. The van der Waals surface area contributed by atoms with Gasteiger partial charge in [-0.05, 0) is 49.8 Å². The molecule has 0 aromatic heterocycles. The summed E-state index contributed by atoms with van der Waals surface area (Å²) in [6.07, 6.45) is 3.96. The minimum atomic E-state index is -0.0464. The molecule has 4 heteroatoms. The molecule has 1 aliphatic rings. The van der Waals surface area contributed by atoms with Crippen molar-refractivity contribution in [3.63, 3.8) is 0 Å². The van der Waals surface area contributed by atoms with Crippen LogP contribution in [0.1, 0.15) is 31.7 Å². The van der Waals surface area contributed by atoms with Crippen molar-refractivity contribution in [3.8, 4) is 11.5 Å². The average molecular weight is 292 g/mol. The minimum Gasteiger partial charge on any atom is -0.497 e. The summed E-state index contributed by atoms with van der Waals surface area (Å²) in [6, 6.07) is 5.90. The minimum absolute atomic E-state index is 0.0298. The molecule has 0 unspecified atom stereocenters. The van der Waals surface area contributed by atoms with Gasteiger partial charge in [0.1, 0.15) is 11.5 Å². The van der Waals surface area contributed by atoms with Crippen LogP contribution < -0.4 is 9.47 Å². The fraction of sp³-hybridized carbons (Fsp3) is 0.588. The number of benzene rings is 1. The van der Waals surface area contributed by atoms with Crippen molar-refractivity contribution in [2.24, 2.45) is 11.8 Å². The van der Waals surface area contributed by atoms with E-state index in [1.54, 1.807) is 14.2 Å². The van der Waals surface area contributed by atoms with E-state index in [1.165, 1.54) is 0 Å². The Morgan fingerprint density at radius 2 is 1.81 bits per heavy atom. The molecule has 0 saturated heterocycles. The number of ether oxygens (including phenoxy) is 3. The van der Waals surface area contributed by atoms with Crippen LogP contribution in [-0.4, -0.2) is 26.8 Å². The van der Waals surface area contributed by atoms with Gasteiger partial charge in [-0.1, -0.05) is 6.42 Å². The summed E-state index contributed by atoms with van der Waals surface area (Å²) in [4.78, 5) is 12.0. The molecule has 0 amide bonds. The van der Waals surface area contributed by atoms with Crippen LogP contribution in [0.4, 0.5) is 0 Å². The lowest BCUT2D eigenvalue weighted by Gasteiger charge is -2.18. The lowest BCUT2D eigenvalue weighted by molar-refractivity contribution is -0.149. The van der Waals surface area contributed by atoms with Gasteiger partial charge in [-0.2, -0.15) is 0 Å². The van der Waals surface area contributed by atoms with Crippen molar-refractivity contribution < 1.29 is 19.0 Å². The van der Waals surface area contributed by atoms with Crippen LogP contribution in [0.5, 0.6) is 11.5 Å². The second-order valence-electron chi connectivity index (χ2n) is 5.47. The molecule has 1 aromatic rings. The topological polar surface area (TPSA) is 44.8 Å². The van der Waals surface area contributed by atoms with E-state index in [2.05, 4.69) is 0 Å². The Balaban J connectivity index is 2.11.